The zero-order valence-corrected chi connectivity index (χ0v) is 9.28. The maximum Gasteiger partial charge on any atom is 0.0616 e. The first-order valence-electron chi connectivity index (χ1n) is 4.89. The van der Waals surface area contributed by atoms with Crippen LogP contribution < -0.4 is 0 Å². The lowest BCUT2D eigenvalue weighted by Gasteiger charge is -2.21. The van der Waals surface area contributed by atoms with Gasteiger partial charge in [0.15, 0.2) is 0 Å². The van der Waals surface area contributed by atoms with Crippen molar-refractivity contribution < 1.29 is 5.11 Å². The third-order valence-corrected chi connectivity index (χ3v) is 2.11. The Balaban J connectivity index is 2.70. The Labute approximate surface area is 85.2 Å². The van der Waals surface area contributed by atoms with Crippen LogP contribution in [0.15, 0.2) is 12.4 Å². The van der Waals surface area contributed by atoms with Crippen LogP contribution in [0.25, 0.3) is 0 Å². The summed E-state index contributed by atoms with van der Waals surface area (Å²) in [6.45, 7) is 7.59. The molecule has 1 unspecified atom stereocenters. The number of rotatable bonds is 3. The van der Waals surface area contributed by atoms with Gasteiger partial charge < -0.3 is 5.11 Å². The van der Waals surface area contributed by atoms with Crippen molar-refractivity contribution in [1.29, 1.82) is 0 Å². The van der Waals surface area contributed by atoms with Crippen LogP contribution in [-0.2, 0) is 0 Å². The number of nitrogens with zero attached hydrogens (tertiary/aromatic N) is 2. The van der Waals surface area contributed by atoms with Crippen molar-refractivity contribution in [3.05, 3.63) is 23.8 Å². The molecule has 3 heteroatoms. The summed E-state index contributed by atoms with van der Waals surface area (Å²) < 4.78 is 0. The largest absolute Gasteiger partial charge is 0.390 e. The summed E-state index contributed by atoms with van der Waals surface area (Å²) in [7, 11) is 0. The van der Waals surface area contributed by atoms with Crippen molar-refractivity contribution in [2.75, 3.05) is 0 Å². The maximum atomic E-state index is 9.66. The fourth-order valence-corrected chi connectivity index (χ4v) is 1.51. The quantitative estimate of drug-likeness (QED) is 0.801. The molecule has 0 spiro atoms. The van der Waals surface area contributed by atoms with Crippen LogP contribution in [0.3, 0.4) is 0 Å². The smallest absolute Gasteiger partial charge is 0.0616 e. The lowest BCUT2D eigenvalue weighted by molar-refractivity contribution is 0.0643. The third-order valence-electron chi connectivity index (χ3n) is 2.11. The van der Waals surface area contributed by atoms with Crippen LogP contribution in [0.1, 0.15) is 44.5 Å². The van der Waals surface area contributed by atoms with Crippen molar-refractivity contribution in [2.45, 2.75) is 45.6 Å². The van der Waals surface area contributed by atoms with E-state index in [1.54, 1.807) is 12.4 Å². The SMILES string of the molecule is Cc1cnc(C(C)CC(C)(C)O)cn1. The van der Waals surface area contributed by atoms with Gasteiger partial charge in [-0.2, -0.15) is 0 Å². The van der Waals surface area contributed by atoms with E-state index < -0.39 is 5.60 Å². The van der Waals surface area contributed by atoms with E-state index in [9.17, 15) is 5.11 Å². The summed E-state index contributed by atoms with van der Waals surface area (Å²) in [4.78, 5) is 8.47. The highest BCUT2D eigenvalue weighted by Gasteiger charge is 2.19. The monoisotopic (exact) mass is 194 g/mol. The minimum atomic E-state index is -0.647. The van der Waals surface area contributed by atoms with Crippen molar-refractivity contribution in [2.24, 2.45) is 0 Å². The predicted octanol–water partition coefficient (Wildman–Crippen LogP) is 2.05. The van der Waals surface area contributed by atoms with Crippen molar-refractivity contribution >= 4 is 0 Å². The number of hydrogen-bond donors (Lipinski definition) is 1. The molecule has 0 fully saturated rings. The van der Waals surface area contributed by atoms with E-state index in [-0.39, 0.29) is 5.92 Å². The Kier molecular flexibility index (Phi) is 3.21. The highest BCUT2D eigenvalue weighted by molar-refractivity contribution is 5.06. The summed E-state index contributed by atoms with van der Waals surface area (Å²) >= 11 is 0. The molecule has 78 valence electrons. The molecule has 1 aromatic heterocycles. The van der Waals surface area contributed by atoms with Crippen LogP contribution in [0, 0.1) is 6.92 Å². The van der Waals surface area contributed by atoms with Crippen molar-refractivity contribution in [1.82, 2.24) is 9.97 Å². The number of aliphatic hydroxyl groups is 1. The molecule has 0 aliphatic rings. The molecule has 0 aliphatic carbocycles. The fraction of sp³-hybridized carbons (Fsp3) is 0.636. The second-order valence-corrected chi connectivity index (χ2v) is 4.50. The molecule has 14 heavy (non-hydrogen) atoms. The van der Waals surface area contributed by atoms with E-state index in [1.807, 2.05) is 20.8 Å². The molecular weight excluding hydrogens is 176 g/mol. The minimum absolute atomic E-state index is 0.239. The first-order valence-corrected chi connectivity index (χ1v) is 4.89. The van der Waals surface area contributed by atoms with Gasteiger partial charge >= 0.3 is 0 Å². The molecule has 0 saturated carbocycles. The highest BCUT2D eigenvalue weighted by Crippen LogP contribution is 2.23. The maximum absolute atomic E-state index is 9.66. The molecule has 1 N–H and O–H groups in total. The van der Waals surface area contributed by atoms with Crippen molar-refractivity contribution in [3.8, 4) is 0 Å². The second kappa shape index (κ2) is 4.05. The summed E-state index contributed by atoms with van der Waals surface area (Å²) in [6, 6.07) is 0. The Hall–Kier alpha value is -0.960. The Morgan fingerprint density at radius 1 is 1.36 bits per heavy atom. The average Bonchev–Trinajstić information content (AvgIpc) is 2.02. The van der Waals surface area contributed by atoms with Gasteiger partial charge in [-0.3, -0.25) is 9.97 Å². The summed E-state index contributed by atoms with van der Waals surface area (Å²) in [5, 5.41) is 9.66. The van der Waals surface area contributed by atoms with E-state index in [4.69, 9.17) is 0 Å². The molecular formula is C11H18N2O. The van der Waals surface area contributed by atoms with Crippen LogP contribution >= 0.6 is 0 Å². The number of hydrogen-bond acceptors (Lipinski definition) is 3. The van der Waals surface area contributed by atoms with E-state index in [0.29, 0.717) is 6.42 Å². The van der Waals surface area contributed by atoms with E-state index in [1.165, 1.54) is 0 Å². The van der Waals surface area contributed by atoms with Gasteiger partial charge in [0, 0.05) is 18.3 Å². The van der Waals surface area contributed by atoms with Crippen LogP contribution in [0.4, 0.5) is 0 Å². The zero-order valence-electron chi connectivity index (χ0n) is 9.28. The highest BCUT2D eigenvalue weighted by atomic mass is 16.3. The molecule has 0 bridgehead atoms. The summed E-state index contributed by atoms with van der Waals surface area (Å²) in [6.07, 6.45) is 4.24. The van der Waals surface area contributed by atoms with Gasteiger partial charge in [-0.15, -0.1) is 0 Å². The van der Waals surface area contributed by atoms with E-state index >= 15 is 0 Å². The molecule has 1 heterocycles. The Bertz CT molecular complexity index is 287. The van der Waals surface area contributed by atoms with Gasteiger partial charge in [0.05, 0.1) is 17.0 Å². The molecule has 1 rings (SSSR count). The topological polar surface area (TPSA) is 46.0 Å². The summed E-state index contributed by atoms with van der Waals surface area (Å²) in [5.74, 6) is 0.239. The van der Waals surface area contributed by atoms with Crippen LogP contribution in [0.2, 0.25) is 0 Å². The molecule has 0 radical (unpaired) electrons. The minimum Gasteiger partial charge on any atom is -0.390 e. The summed E-state index contributed by atoms with van der Waals surface area (Å²) in [5.41, 5.74) is 1.22. The molecule has 0 amide bonds. The number of aromatic nitrogens is 2. The average molecular weight is 194 g/mol. The van der Waals surface area contributed by atoms with Gasteiger partial charge in [0.1, 0.15) is 0 Å². The lowest BCUT2D eigenvalue weighted by atomic mass is 9.93. The molecule has 3 nitrogen and oxygen atoms in total. The van der Waals surface area contributed by atoms with Gasteiger partial charge in [0.2, 0.25) is 0 Å². The first-order chi connectivity index (χ1) is 6.38. The van der Waals surface area contributed by atoms with Crippen LogP contribution in [0.5, 0.6) is 0 Å². The van der Waals surface area contributed by atoms with Crippen molar-refractivity contribution in [3.63, 3.8) is 0 Å². The van der Waals surface area contributed by atoms with Gasteiger partial charge in [-0.25, -0.2) is 0 Å². The Morgan fingerprint density at radius 3 is 2.43 bits per heavy atom. The van der Waals surface area contributed by atoms with Crippen LogP contribution in [-0.4, -0.2) is 20.7 Å². The van der Waals surface area contributed by atoms with E-state index in [2.05, 4.69) is 16.9 Å². The molecule has 0 aromatic carbocycles. The molecule has 0 saturated heterocycles. The van der Waals surface area contributed by atoms with E-state index in [0.717, 1.165) is 11.4 Å². The second-order valence-electron chi connectivity index (χ2n) is 4.50. The molecule has 0 aliphatic heterocycles. The molecule has 1 atom stereocenters. The lowest BCUT2D eigenvalue weighted by Crippen LogP contribution is -2.21. The standard InChI is InChI=1S/C11H18N2O/c1-8(5-11(3,4)14)10-7-12-9(2)6-13-10/h6-8,14H,5H2,1-4H3. The first kappa shape index (κ1) is 11.1. The van der Waals surface area contributed by atoms with Gasteiger partial charge in [0.25, 0.3) is 0 Å². The normalized spacial score (nSPS) is 14.1. The molecule has 1 aromatic rings. The zero-order chi connectivity index (χ0) is 10.8. The Morgan fingerprint density at radius 2 is 2.00 bits per heavy atom. The van der Waals surface area contributed by atoms with Gasteiger partial charge in [-0.05, 0) is 27.2 Å². The number of aryl methyl sites for hydroxylation is 1. The predicted molar refractivity (Wildman–Crippen MR) is 56.1 cm³/mol. The fourth-order valence-electron chi connectivity index (χ4n) is 1.51. The van der Waals surface area contributed by atoms with Gasteiger partial charge in [-0.1, -0.05) is 6.92 Å². The third kappa shape index (κ3) is 3.42.